The van der Waals surface area contributed by atoms with Crippen LogP contribution in [-0.4, -0.2) is 45.0 Å². The number of piperidine rings is 1. The molecule has 160 valence electrons. The number of hydrogen-bond acceptors (Lipinski definition) is 6. The van der Waals surface area contributed by atoms with E-state index in [2.05, 4.69) is 27.6 Å². The van der Waals surface area contributed by atoms with Gasteiger partial charge in [-0.2, -0.15) is 0 Å². The van der Waals surface area contributed by atoms with E-state index in [1.807, 2.05) is 40.6 Å². The predicted molar refractivity (Wildman–Crippen MR) is 126 cm³/mol. The second-order valence-corrected chi connectivity index (χ2v) is 9.76. The van der Waals surface area contributed by atoms with Crippen LogP contribution in [0.5, 0.6) is 5.75 Å². The molecule has 1 fully saturated rings. The van der Waals surface area contributed by atoms with Gasteiger partial charge in [-0.15, -0.1) is 11.3 Å². The summed E-state index contributed by atoms with van der Waals surface area (Å²) in [6, 6.07) is 14.1. The van der Waals surface area contributed by atoms with Crippen molar-refractivity contribution >= 4 is 45.8 Å². The van der Waals surface area contributed by atoms with Gasteiger partial charge in [0.25, 0.3) is 5.91 Å². The lowest BCUT2D eigenvalue weighted by Gasteiger charge is -2.41. The molecule has 0 saturated carbocycles. The number of halogens is 1. The van der Waals surface area contributed by atoms with Crippen molar-refractivity contribution in [3.05, 3.63) is 64.6 Å². The molecule has 1 saturated heterocycles. The average molecular weight is 549 g/mol. The Hall–Kier alpha value is -2.53. The Bertz CT molecular complexity index is 1090. The lowest BCUT2D eigenvalue weighted by molar-refractivity contribution is -0.138. The van der Waals surface area contributed by atoms with Crippen molar-refractivity contribution in [2.45, 2.75) is 22.8 Å². The smallest absolute Gasteiger partial charge is 0.354 e. The number of rotatable bonds is 6. The van der Waals surface area contributed by atoms with Crippen LogP contribution in [0.15, 0.2) is 53.9 Å². The van der Waals surface area contributed by atoms with Gasteiger partial charge in [0.05, 0.1) is 11.4 Å². The van der Waals surface area contributed by atoms with Gasteiger partial charge in [0, 0.05) is 11.9 Å². The number of likely N-dealkylation sites (tertiary alicyclic amines) is 1. The topological polar surface area (TPSA) is 92.6 Å². The maximum atomic E-state index is 13.1. The van der Waals surface area contributed by atoms with Crippen LogP contribution in [0, 0.1) is 0 Å². The number of alkyl halides is 1. The minimum atomic E-state index is -1.08. The molecule has 4 rings (SSSR count). The molecule has 31 heavy (non-hydrogen) atoms. The van der Waals surface area contributed by atoms with E-state index in [1.54, 1.807) is 12.1 Å². The second-order valence-electron chi connectivity index (χ2n) is 7.11. The lowest BCUT2D eigenvalue weighted by atomic mass is 10.0. The molecule has 2 aromatic heterocycles. The van der Waals surface area contributed by atoms with Crippen LogP contribution in [0.4, 0.5) is 0 Å². The molecule has 0 spiro atoms. The van der Waals surface area contributed by atoms with Crippen LogP contribution in [0.2, 0.25) is 0 Å². The Balaban J connectivity index is 1.56. The monoisotopic (exact) mass is 549 g/mol. The van der Waals surface area contributed by atoms with E-state index in [9.17, 15) is 14.7 Å². The van der Waals surface area contributed by atoms with Crippen LogP contribution >= 0.6 is 33.9 Å². The van der Waals surface area contributed by atoms with Crippen molar-refractivity contribution in [1.29, 1.82) is 0 Å². The molecule has 9 heteroatoms. The number of aromatic carboxylic acids is 1. The zero-order chi connectivity index (χ0) is 21.8. The normalized spacial score (nSPS) is 18.5. The molecule has 1 aliphatic heterocycles. The van der Waals surface area contributed by atoms with Gasteiger partial charge in [-0.05, 0) is 66.1 Å². The van der Waals surface area contributed by atoms with Crippen molar-refractivity contribution < 1.29 is 19.4 Å². The van der Waals surface area contributed by atoms with Crippen molar-refractivity contribution in [3.8, 4) is 17.1 Å². The van der Waals surface area contributed by atoms with Crippen LogP contribution < -0.4 is 4.74 Å². The summed E-state index contributed by atoms with van der Waals surface area (Å²) in [6.07, 6.45) is 2.72. The number of nitrogens with zero attached hydrogens (tertiary/aromatic N) is 3. The molecule has 0 bridgehead atoms. The fourth-order valence-electron chi connectivity index (χ4n) is 3.49. The molecule has 1 atom stereocenters. The Morgan fingerprint density at radius 2 is 1.90 bits per heavy atom. The molecule has 0 radical (unpaired) electrons. The molecular weight excluding hydrogens is 529 g/mol. The molecule has 1 aliphatic rings. The number of carbonyl (C=O) groups excluding carboxylic acids is 1. The van der Waals surface area contributed by atoms with Crippen molar-refractivity contribution in [3.63, 3.8) is 0 Å². The summed E-state index contributed by atoms with van der Waals surface area (Å²) in [7, 11) is 0. The largest absolute Gasteiger partial charge is 0.484 e. The first kappa shape index (κ1) is 21.7. The van der Waals surface area contributed by atoms with Crippen molar-refractivity contribution in [2.75, 3.05) is 13.2 Å². The first-order valence-corrected chi connectivity index (χ1v) is 11.8. The Kier molecular flexibility index (Phi) is 6.51. The number of carboxylic acids is 1. The van der Waals surface area contributed by atoms with E-state index >= 15 is 0 Å². The molecule has 7 nitrogen and oxygen atoms in total. The van der Waals surface area contributed by atoms with E-state index in [-0.39, 0.29) is 18.2 Å². The zero-order valence-electron chi connectivity index (χ0n) is 16.5. The number of carboxylic acid groups (broad SMARTS) is 1. The molecule has 3 aromatic rings. The highest BCUT2D eigenvalue weighted by Crippen LogP contribution is 2.45. The number of thiazole rings is 1. The molecule has 0 aliphatic carbocycles. The Morgan fingerprint density at radius 3 is 2.68 bits per heavy atom. The van der Waals surface area contributed by atoms with Gasteiger partial charge in [0.1, 0.15) is 20.0 Å². The van der Waals surface area contributed by atoms with E-state index in [4.69, 9.17) is 9.72 Å². The summed E-state index contributed by atoms with van der Waals surface area (Å²) in [5.41, 5.74) is 1.09. The van der Waals surface area contributed by atoms with Gasteiger partial charge in [0.15, 0.2) is 6.61 Å². The second kappa shape index (κ2) is 9.31. The highest BCUT2D eigenvalue weighted by molar-refractivity contribution is 14.1. The number of benzene rings is 1. The fraction of sp³-hybridized carbons (Fsp3) is 0.273. The zero-order valence-corrected chi connectivity index (χ0v) is 19.5. The van der Waals surface area contributed by atoms with Crippen LogP contribution in [0.3, 0.4) is 0 Å². The molecule has 1 aromatic carbocycles. The van der Waals surface area contributed by atoms with Gasteiger partial charge in [-0.25, -0.2) is 14.8 Å². The summed E-state index contributed by atoms with van der Waals surface area (Å²) in [6.45, 7) is 0.608. The number of pyridine rings is 1. The summed E-state index contributed by atoms with van der Waals surface area (Å²) in [4.78, 5) is 35.1. The fourth-order valence-corrected chi connectivity index (χ4v) is 5.82. The maximum Gasteiger partial charge on any atom is 0.354 e. The number of aromatic nitrogens is 2. The summed E-state index contributed by atoms with van der Waals surface area (Å²) >= 11 is 3.78. The summed E-state index contributed by atoms with van der Waals surface area (Å²) in [5, 5.41) is 11.9. The minimum Gasteiger partial charge on any atom is -0.484 e. The predicted octanol–water partition coefficient (Wildman–Crippen LogP) is 4.58. The van der Waals surface area contributed by atoms with E-state index in [1.165, 1.54) is 17.4 Å². The number of amides is 1. The van der Waals surface area contributed by atoms with E-state index < -0.39 is 9.51 Å². The number of para-hydroxylation sites is 1. The molecular formula is C22H20IN3O4S. The highest BCUT2D eigenvalue weighted by Gasteiger charge is 2.43. The Morgan fingerprint density at radius 1 is 1.10 bits per heavy atom. The van der Waals surface area contributed by atoms with Gasteiger partial charge < -0.3 is 14.7 Å². The molecule has 3 heterocycles. The van der Waals surface area contributed by atoms with E-state index in [0.29, 0.717) is 23.7 Å². The highest BCUT2D eigenvalue weighted by atomic mass is 127. The third-order valence-corrected chi connectivity index (χ3v) is 8.03. The standard InChI is InChI=1S/C22H20IN3O4S/c23-22(21-25-18(14-31-21)16-9-6-10-17(24-16)20(28)29)11-4-5-12-26(22)19(27)13-30-15-7-2-1-3-8-15/h1-3,6-10,14H,4-5,11-13H2,(H,28,29). The minimum absolute atomic E-state index is 0.0243. The molecule has 1 unspecified atom stereocenters. The quantitative estimate of drug-likeness (QED) is 0.275. The first-order valence-electron chi connectivity index (χ1n) is 9.81. The Labute approximate surface area is 197 Å². The van der Waals surface area contributed by atoms with Crippen LogP contribution in [-0.2, 0) is 8.34 Å². The van der Waals surface area contributed by atoms with Gasteiger partial charge >= 0.3 is 5.97 Å². The molecule has 1 N–H and O–H groups in total. The SMILES string of the molecule is O=C(O)c1cccc(-c2csc(C3(I)CCCCN3C(=O)COc3ccccc3)n2)n1. The number of ether oxygens (including phenoxy) is 1. The van der Waals surface area contributed by atoms with Crippen LogP contribution in [0.25, 0.3) is 11.4 Å². The van der Waals surface area contributed by atoms with E-state index in [0.717, 1.165) is 24.3 Å². The van der Waals surface area contributed by atoms with Crippen molar-refractivity contribution in [1.82, 2.24) is 14.9 Å². The van der Waals surface area contributed by atoms with Crippen LogP contribution in [0.1, 0.15) is 34.8 Å². The summed E-state index contributed by atoms with van der Waals surface area (Å²) < 4.78 is 5.11. The average Bonchev–Trinajstić information content (AvgIpc) is 3.30. The van der Waals surface area contributed by atoms with Crippen molar-refractivity contribution in [2.24, 2.45) is 0 Å². The number of carbonyl (C=O) groups is 2. The first-order chi connectivity index (χ1) is 15.0. The maximum absolute atomic E-state index is 13.1. The lowest BCUT2D eigenvalue weighted by Crippen LogP contribution is -2.50. The summed E-state index contributed by atoms with van der Waals surface area (Å²) in [5.74, 6) is -0.501. The third kappa shape index (κ3) is 4.72. The number of hydrogen-bond donors (Lipinski definition) is 1. The van der Waals surface area contributed by atoms with Gasteiger partial charge in [0.2, 0.25) is 0 Å². The van der Waals surface area contributed by atoms with Gasteiger partial charge in [-0.1, -0.05) is 24.3 Å². The van der Waals surface area contributed by atoms with Gasteiger partial charge in [-0.3, -0.25) is 4.79 Å². The third-order valence-electron chi connectivity index (χ3n) is 5.04. The molecule has 1 amide bonds.